The molecule has 74 valence electrons. The van der Waals surface area contributed by atoms with Gasteiger partial charge in [-0.3, -0.25) is 0 Å². The van der Waals surface area contributed by atoms with Gasteiger partial charge in [-0.05, 0) is 36.8 Å². The zero-order valence-corrected chi connectivity index (χ0v) is 9.58. The van der Waals surface area contributed by atoms with Crippen molar-refractivity contribution >= 4 is 11.3 Å². The summed E-state index contributed by atoms with van der Waals surface area (Å²) < 4.78 is 0. The van der Waals surface area contributed by atoms with Crippen LogP contribution in [-0.4, -0.2) is 6.04 Å². The van der Waals surface area contributed by atoms with Crippen molar-refractivity contribution in [1.29, 1.82) is 0 Å². The summed E-state index contributed by atoms with van der Waals surface area (Å²) in [7, 11) is 0. The number of nitrogens with one attached hydrogen (secondary N) is 1. The third kappa shape index (κ3) is 3.12. The topological polar surface area (TPSA) is 12.0 Å². The van der Waals surface area contributed by atoms with E-state index in [0.717, 1.165) is 6.54 Å². The van der Waals surface area contributed by atoms with Crippen molar-refractivity contribution < 1.29 is 0 Å². The third-order valence-corrected chi connectivity index (χ3v) is 3.53. The van der Waals surface area contributed by atoms with E-state index in [2.05, 4.69) is 37.5 Å². The molecule has 0 saturated carbocycles. The van der Waals surface area contributed by atoms with Gasteiger partial charge in [0.1, 0.15) is 0 Å². The minimum atomic E-state index is 0.682. The zero-order valence-electron chi connectivity index (χ0n) is 8.76. The molecule has 0 aliphatic heterocycles. The second kappa shape index (κ2) is 5.40. The van der Waals surface area contributed by atoms with Gasteiger partial charge >= 0.3 is 0 Å². The monoisotopic (exact) mass is 197 g/mol. The second-order valence-corrected chi connectivity index (χ2v) is 4.42. The highest BCUT2D eigenvalue weighted by atomic mass is 32.1. The highest BCUT2D eigenvalue weighted by Gasteiger charge is 2.04. The lowest BCUT2D eigenvalue weighted by Crippen LogP contribution is -2.26. The zero-order chi connectivity index (χ0) is 9.68. The quantitative estimate of drug-likeness (QED) is 0.763. The van der Waals surface area contributed by atoms with Crippen molar-refractivity contribution in [3.05, 3.63) is 21.9 Å². The normalized spacial score (nSPS) is 11.1. The molecule has 0 aromatic carbocycles. The van der Waals surface area contributed by atoms with Gasteiger partial charge < -0.3 is 5.32 Å². The van der Waals surface area contributed by atoms with Crippen LogP contribution in [0.5, 0.6) is 0 Å². The summed E-state index contributed by atoms with van der Waals surface area (Å²) in [6.07, 6.45) is 2.45. The van der Waals surface area contributed by atoms with Crippen LogP contribution in [0.3, 0.4) is 0 Å². The Balaban J connectivity index is 2.38. The molecular formula is C11H19NS. The standard InChI is InChI=1S/C11H19NS/c1-4-10(5-2)12-8-11-9(3)6-7-13-11/h6-7,10,12H,4-5,8H2,1-3H3. The molecular weight excluding hydrogens is 178 g/mol. The summed E-state index contributed by atoms with van der Waals surface area (Å²) in [6.45, 7) is 7.70. The van der Waals surface area contributed by atoms with Gasteiger partial charge in [0.25, 0.3) is 0 Å². The number of aryl methyl sites for hydroxylation is 1. The smallest absolute Gasteiger partial charge is 0.0304 e. The number of hydrogen-bond acceptors (Lipinski definition) is 2. The van der Waals surface area contributed by atoms with Crippen LogP contribution in [0.15, 0.2) is 11.4 Å². The maximum atomic E-state index is 3.57. The maximum absolute atomic E-state index is 3.57. The van der Waals surface area contributed by atoms with E-state index in [4.69, 9.17) is 0 Å². The molecule has 0 fully saturated rings. The highest BCUT2D eigenvalue weighted by Crippen LogP contribution is 2.15. The summed E-state index contributed by atoms with van der Waals surface area (Å²) in [4.78, 5) is 1.48. The van der Waals surface area contributed by atoms with E-state index in [1.54, 1.807) is 0 Å². The molecule has 1 rings (SSSR count). The third-order valence-electron chi connectivity index (χ3n) is 2.51. The molecule has 1 heterocycles. The Hall–Kier alpha value is -0.340. The molecule has 0 amide bonds. The van der Waals surface area contributed by atoms with Crippen LogP contribution < -0.4 is 5.32 Å². The Bertz CT molecular complexity index is 238. The van der Waals surface area contributed by atoms with E-state index < -0.39 is 0 Å². The number of rotatable bonds is 5. The molecule has 1 aromatic heterocycles. The van der Waals surface area contributed by atoms with Crippen molar-refractivity contribution in [3.63, 3.8) is 0 Å². The van der Waals surface area contributed by atoms with Crippen molar-refractivity contribution in [3.8, 4) is 0 Å². The molecule has 0 bridgehead atoms. The van der Waals surface area contributed by atoms with Crippen LogP contribution in [0.4, 0.5) is 0 Å². The van der Waals surface area contributed by atoms with Crippen molar-refractivity contribution in [2.45, 2.75) is 46.2 Å². The molecule has 0 saturated heterocycles. The first-order valence-electron chi connectivity index (χ1n) is 5.04. The molecule has 0 spiro atoms. The van der Waals surface area contributed by atoms with E-state index in [9.17, 15) is 0 Å². The number of hydrogen-bond donors (Lipinski definition) is 1. The molecule has 1 N–H and O–H groups in total. The molecule has 0 aliphatic rings. The van der Waals surface area contributed by atoms with Gasteiger partial charge in [0, 0.05) is 17.5 Å². The minimum absolute atomic E-state index is 0.682. The van der Waals surface area contributed by atoms with Gasteiger partial charge in [-0.2, -0.15) is 0 Å². The highest BCUT2D eigenvalue weighted by molar-refractivity contribution is 7.10. The van der Waals surface area contributed by atoms with Crippen LogP contribution in [-0.2, 0) is 6.54 Å². The summed E-state index contributed by atoms with van der Waals surface area (Å²) >= 11 is 1.85. The summed E-state index contributed by atoms with van der Waals surface area (Å²) in [5.41, 5.74) is 1.42. The molecule has 0 unspecified atom stereocenters. The Kier molecular flexibility index (Phi) is 4.46. The van der Waals surface area contributed by atoms with Gasteiger partial charge in [-0.25, -0.2) is 0 Å². The predicted octanol–water partition coefficient (Wildman–Crippen LogP) is 3.33. The Morgan fingerprint density at radius 2 is 2.08 bits per heavy atom. The lowest BCUT2D eigenvalue weighted by atomic mass is 10.1. The van der Waals surface area contributed by atoms with Crippen LogP contribution in [0.1, 0.15) is 37.1 Å². The molecule has 0 radical (unpaired) electrons. The summed E-state index contributed by atoms with van der Waals surface area (Å²) in [5.74, 6) is 0. The lowest BCUT2D eigenvalue weighted by molar-refractivity contribution is 0.486. The molecule has 2 heteroatoms. The first-order valence-corrected chi connectivity index (χ1v) is 5.92. The van der Waals surface area contributed by atoms with Gasteiger partial charge in [-0.15, -0.1) is 11.3 Å². The van der Waals surface area contributed by atoms with Crippen LogP contribution >= 0.6 is 11.3 Å². The van der Waals surface area contributed by atoms with E-state index in [1.807, 2.05) is 11.3 Å². The lowest BCUT2D eigenvalue weighted by Gasteiger charge is -2.13. The van der Waals surface area contributed by atoms with Crippen molar-refractivity contribution in [1.82, 2.24) is 5.32 Å². The van der Waals surface area contributed by atoms with E-state index in [0.29, 0.717) is 6.04 Å². The average molecular weight is 197 g/mol. The maximum Gasteiger partial charge on any atom is 0.0304 e. The van der Waals surface area contributed by atoms with Crippen LogP contribution in [0.25, 0.3) is 0 Å². The van der Waals surface area contributed by atoms with E-state index >= 15 is 0 Å². The largest absolute Gasteiger partial charge is 0.309 e. The van der Waals surface area contributed by atoms with Crippen LogP contribution in [0, 0.1) is 6.92 Å². The fourth-order valence-electron chi connectivity index (χ4n) is 1.40. The average Bonchev–Trinajstić information content (AvgIpc) is 2.54. The van der Waals surface area contributed by atoms with Crippen LogP contribution in [0.2, 0.25) is 0 Å². The molecule has 1 nitrogen and oxygen atoms in total. The van der Waals surface area contributed by atoms with Gasteiger partial charge in [0.2, 0.25) is 0 Å². The van der Waals surface area contributed by atoms with Crippen molar-refractivity contribution in [2.24, 2.45) is 0 Å². The fourth-order valence-corrected chi connectivity index (χ4v) is 2.26. The first kappa shape index (κ1) is 10.7. The summed E-state index contributed by atoms with van der Waals surface area (Å²) in [5, 5.41) is 5.74. The molecule has 1 aromatic rings. The second-order valence-electron chi connectivity index (χ2n) is 3.42. The molecule has 13 heavy (non-hydrogen) atoms. The van der Waals surface area contributed by atoms with Crippen molar-refractivity contribution in [2.75, 3.05) is 0 Å². The first-order chi connectivity index (χ1) is 6.27. The van der Waals surface area contributed by atoms with Gasteiger partial charge in [0.05, 0.1) is 0 Å². The Labute approximate surface area is 85.2 Å². The molecule has 0 aliphatic carbocycles. The summed E-state index contributed by atoms with van der Waals surface area (Å²) in [6, 6.07) is 2.87. The minimum Gasteiger partial charge on any atom is -0.309 e. The number of thiophene rings is 1. The SMILES string of the molecule is CCC(CC)NCc1sccc1C. The van der Waals surface area contributed by atoms with Gasteiger partial charge in [-0.1, -0.05) is 13.8 Å². The van der Waals surface area contributed by atoms with Gasteiger partial charge in [0.15, 0.2) is 0 Å². The fraction of sp³-hybridized carbons (Fsp3) is 0.636. The Morgan fingerprint density at radius 1 is 1.38 bits per heavy atom. The predicted molar refractivity (Wildman–Crippen MR) is 60.3 cm³/mol. The van der Waals surface area contributed by atoms with E-state index in [-0.39, 0.29) is 0 Å². The Morgan fingerprint density at radius 3 is 2.54 bits per heavy atom. The van der Waals surface area contributed by atoms with E-state index in [1.165, 1.54) is 23.3 Å². The molecule has 0 atom stereocenters.